The molecule has 1 heterocycles. The number of hydrogen-bond donors (Lipinski definition) is 0. The molecule has 0 bridgehead atoms. The molecule has 0 spiro atoms. The van der Waals surface area contributed by atoms with Gasteiger partial charge < -0.3 is 4.74 Å². The Kier molecular flexibility index (Phi) is 2.78. The summed E-state index contributed by atoms with van der Waals surface area (Å²) in [5.74, 6) is 1.55. The molecule has 17 heavy (non-hydrogen) atoms. The zero-order chi connectivity index (χ0) is 11.5. The monoisotopic (exact) mass is 225 g/mol. The van der Waals surface area contributed by atoms with E-state index < -0.39 is 0 Å². The molecule has 1 aromatic heterocycles. The van der Waals surface area contributed by atoms with Gasteiger partial charge in [-0.2, -0.15) is 0 Å². The number of aromatic nitrogens is 1. The summed E-state index contributed by atoms with van der Waals surface area (Å²) in [7, 11) is 0. The average Bonchev–Trinajstić information content (AvgIpc) is 2.40. The normalized spacial score (nSPS) is 14.1. The number of aryl methyl sites for hydroxylation is 2. The van der Waals surface area contributed by atoms with Crippen LogP contribution in [0.4, 0.5) is 0 Å². The summed E-state index contributed by atoms with van der Waals surface area (Å²) in [6.45, 7) is 0. The van der Waals surface area contributed by atoms with E-state index in [0.29, 0.717) is 5.88 Å². The van der Waals surface area contributed by atoms with Gasteiger partial charge in [-0.1, -0.05) is 12.1 Å². The molecule has 0 N–H and O–H groups in total. The van der Waals surface area contributed by atoms with E-state index in [-0.39, 0.29) is 0 Å². The van der Waals surface area contributed by atoms with Crippen LogP contribution in [0, 0.1) is 0 Å². The first-order chi connectivity index (χ1) is 8.42. The second-order valence-electron chi connectivity index (χ2n) is 4.41. The van der Waals surface area contributed by atoms with Crippen LogP contribution in [0.5, 0.6) is 11.6 Å². The van der Waals surface area contributed by atoms with E-state index in [4.69, 9.17) is 4.74 Å². The summed E-state index contributed by atoms with van der Waals surface area (Å²) in [5.41, 5.74) is 2.91. The molecule has 0 aliphatic heterocycles. The minimum atomic E-state index is 0.656. The molecule has 1 aliphatic rings. The van der Waals surface area contributed by atoms with Gasteiger partial charge in [0.2, 0.25) is 5.88 Å². The highest BCUT2D eigenvalue weighted by Crippen LogP contribution is 2.27. The van der Waals surface area contributed by atoms with Crippen LogP contribution in [0.25, 0.3) is 0 Å². The minimum absolute atomic E-state index is 0.656. The number of pyridine rings is 1. The fourth-order valence-corrected chi connectivity index (χ4v) is 2.30. The van der Waals surface area contributed by atoms with E-state index in [1.165, 1.54) is 36.8 Å². The highest BCUT2D eigenvalue weighted by atomic mass is 16.5. The standard InChI is InChI=1S/C15H15NO/c1-2-6-13-11-14(9-8-12(13)5-1)17-15-7-3-4-10-16-15/h3-4,7-11H,1-2,5-6H2. The van der Waals surface area contributed by atoms with Gasteiger partial charge in [0.05, 0.1) is 0 Å². The molecule has 0 saturated heterocycles. The number of benzene rings is 1. The maximum Gasteiger partial charge on any atom is 0.219 e. The fraction of sp³-hybridized carbons (Fsp3) is 0.267. The van der Waals surface area contributed by atoms with Crippen LogP contribution in [0.2, 0.25) is 0 Å². The zero-order valence-corrected chi connectivity index (χ0v) is 9.73. The van der Waals surface area contributed by atoms with Gasteiger partial charge >= 0.3 is 0 Å². The third-order valence-corrected chi connectivity index (χ3v) is 3.18. The first-order valence-electron chi connectivity index (χ1n) is 6.12. The molecular weight excluding hydrogens is 210 g/mol. The van der Waals surface area contributed by atoms with Crippen LogP contribution >= 0.6 is 0 Å². The van der Waals surface area contributed by atoms with Gasteiger partial charge in [-0.3, -0.25) is 0 Å². The molecule has 2 aromatic rings. The number of ether oxygens (including phenoxy) is 1. The van der Waals surface area contributed by atoms with Crippen molar-refractivity contribution >= 4 is 0 Å². The van der Waals surface area contributed by atoms with Crippen molar-refractivity contribution in [2.45, 2.75) is 25.7 Å². The predicted molar refractivity (Wildman–Crippen MR) is 67.4 cm³/mol. The summed E-state index contributed by atoms with van der Waals surface area (Å²) < 4.78 is 5.73. The number of rotatable bonds is 2. The van der Waals surface area contributed by atoms with Crippen LogP contribution in [0.1, 0.15) is 24.0 Å². The molecule has 86 valence electrons. The summed E-state index contributed by atoms with van der Waals surface area (Å²) in [6.07, 6.45) is 6.73. The van der Waals surface area contributed by atoms with E-state index >= 15 is 0 Å². The molecule has 0 radical (unpaired) electrons. The lowest BCUT2D eigenvalue weighted by atomic mass is 9.92. The molecule has 0 atom stereocenters. The molecule has 0 saturated carbocycles. The molecule has 3 rings (SSSR count). The molecular formula is C15H15NO. The first kappa shape index (κ1) is 10.3. The second kappa shape index (κ2) is 4.58. The van der Waals surface area contributed by atoms with Gasteiger partial charge in [0, 0.05) is 12.3 Å². The lowest BCUT2D eigenvalue weighted by Crippen LogP contribution is -2.02. The van der Waals surface area contributed by atoms with Gasteiger partial charge in [0.1, 0.15) is 5.75 Å². The molecule has 0 unspecified atom stereocenters. The fourth-order valence-electron chi connectivity index (χ4n) is 2.30. The van der Waals surface area contributed by atoms with E-state index in [1.54, 1.807) is 6.20 Å². The Morgan fingerprint density at radius 3 is 2.65 bits per heavy atom. The molecule has 2 heteroatoms. The Labute approximate surface area is 101 Å². The topological polar surface area (TPSA) is 22.1 Å². The van der Waals surface area contributed by atoms with Crippen molar-refractivity contribution in [2.75, 3.05) is 0 Å². The molecule has 0 fully saturated rings. The number of nitrogens with zero attached hydrogens (tertiary/aromatic N) is 1. The SMILES string of the molecule is c1ccc(Oc2ccc3c(c2)CCCC3)nc1. The Balaban J connectivity index is 1.84. The number of hydrogen-bond acceptors (Lipinski definition) is 2. The van der Waals surface area contributed by atoms with Crippen LogP contribution in [0.15, 0.2) is 42.6 Å². The van der Waals surface area contributed by atoms with Crippen molar-refractivity contribution < 1.29 is 4.74 Å². The summed E-state index contributed by atoms with van der Waals surface area (Å²) in [5, 5.41) is 0. The van der Waals surface area contributed by atoms with Crippen molar-refractivity contribution in [3.05, 3.63) is 53.7 Å². The van der Waals surface area contributed by atoms with Crippen LogP contribution in [-0.4, -0.2) is 4.98 Å². The average molecular weight is 225 g/mol. The van der Waals surface area contributed by atoms with Gasteiger partial charge in [0.15, 0.2) is 0 Å². The van der Waals surface area contributed by atoms with Crippen molar-refractivity contribution in [3.63, 3.8) is 0 Å². The van der Waals surface area contributed by atoms with E-state index in [1.807, 2.05) is 24.3 Å². The summed E-state index contributed by atoms with van der Waals surface area (Å²) in [4.78, 5) is 4.16. The molecule has 1 aromatic carbocycles. The van der Waals surface area contributed by atoms with E-state index in [9.17, 15) is 0 Å². The first-order valence-corrected chi connectivity index (χ1v) is 6.12. The van der Waals surface area contributed by atoms with Crippen molar-refractivity contribution in [2.24, 2.45) is 0 Å². The van der Waals surface area contributed by atoms with E-state index in [2.05, 4.69) is 17.1 Å². The van der Waals surface area contributed by atoms with Gasteiger partial charge in [-0.15, -0.1) is 0 Å². The highest BCUT2D eigenvalue weighted by Gasteiger charge is 2.10. The highest BCUT2D eigenvalue weighted by molar-refractivity contribution is 5.38. The Bertz CT molecular complexity index is 508. The lowest BCUT2D eigenvalue weighted by molar-refractivity contribution is 0.461. The van der Waals surface area contributed by atoms with Crippen molar-refractivity contribution in [1.82, 2.24) is 4.98 Å². The maximum atomic E-state index is 5.73. The zero-order valence-electron chi connectivity index (χ0n) is 9.73. The van der Waals surface area contributed by atoms with Gasteiger partial charge in [0.25, 0.3) is 0 Å². The molecule has 1 aliphatic carbocycles. The second-order valence-corrected chi connectivity index (χ2v) is 4.41. The van der Waals surface area contributed by atoms with Crippen LogP contribution < -0.4 is 4.74 Å². The van der Waals surface area contributed by atoms with Crippen molar-refractivity contribution in [1.29, 1.82) is 0 Å². The number of fused-ring (bicyclic) bond motifs is 1. The smallest absolute Gasteiger partial charge is 0.219 e. The largest absolute Gasteiger partial charge is 0.439 e. The Morgan fingerprint density at radius 1 is 0.941 bits per heavy atom. The van der Waals surface area contributed by atoms with Crippen LogP contribution in [0.3, 0.4) is 0 Å². The quantitative estimate of drug-likeness (QED) is 0.776. The lowest BCUT2D eigenvalue weighted by Gasteiger charge is -2.16. The third-order valence-electron chi connectivity index (χ3n) is 3.18. The minimum Gasteiger partial charge on any atom is -0.439 e. The third kappa shape index (κ3) is 2.31. The predicted octanol–water partition coefficient (Wildman–Crippen LogP) is 3.75. The van der Waals surface area contributed by atoms with Crippen LogP contribution in [-0.2, 0) is 12.8 Å². The summed E-state index contributed by atoms with van der Waals surface area (Å²) >= 11 is 0. The van der Waals surface area contributed by atoms with Crippen molar-refractivity contribution in [3.8, 4) is 11.6 Å². The van der Waals surface area contributed by atoms with E-state index in [0.717, 1.165) is 5.75 Å². The maximum absolute atomic E-state index is 5.73. The Morgan fingerprint density at radius 2 is 1.82 bits per heavy atom. The van der Waals surface area contributed by atoms with Gasteiger partial charge in [-0.25, -0.2) is 4.98 Å². The van der Waals surface area contributed by atoms with Gasteiger partial charge in [-0.05, 0) is 55.0 Å². The Hall–Kier alpha value is -1.83. The molecule has 0 amide bonds. The summed E-state index contributed by atoms with van der Waals surface area (Å²) in [6, 6.07) is 12.1. The molecule has 2 nitrogen and oxygen atoms in total.